The third-order valence-electron chi connectivity index (χ3n) is 6.46. The van der Waals surface area contributed by atoms with Gasteiger partial charge in [0.15, 0.2) is 0 Å². The van der Waals surface area contributed by atoms with E-state index in [0.717, 1.165) is 43.6 Å². The van der Waals surface area contributed by atoms with Gasteiger partial charge in [-0.25, -0.2) is 4.79 Å². The molecule has 0 saturated carbocycles. The topological polar surface area (TPSA) is 70.1 Å². The molecule has 0 aliphatic carbocycles. The summed E-state index contributed by atoms with van der Waals surface area (Å²) in [5, 5.41) is 7.12. The van der Waals surface area contributed by atoms with E-state index in [1.807, 2.05) is 36.1 Å². The number of rotatable bonds is 3. The highest BCUT2D eigenvalue weighted by molar-refractivity contribution is 5.95. The molecular weight excluding hydrogens is 425 g/mol. The molecule has 3 saturated heterocycles. The van der Waals surface area contributed by atoms with E-state index in [2.05, 4.69) is 4.90 Å². The Balaban J connectivity index is 0.000000360. The average molecular weight is 457 g/mol. The molecule has 1 N–H and O–H groups in total. The van der Waals surface area contributed by atoms with E-state index in [-0.39, 0.29) is 11.5 Å². The summed E-state index contributed by atoms with van der Waals surface area (Å²) in [7, 11) is 0. The summed E-state index contributed by atoms with van der Waals surface area (Å²) in [5.41, 5.74) is 1.80. The van der Waals surface area contributed by atoms with E-state index in [9.17, 15) is 18.0 Å². The molecule has 1 aromatic rings. The van der Waals surface area contributed by atoms with Gasteiger partial charge in [-0.2, -0.15) is 13.2 Å². The van der Waals surface area contributed by atoms with Crippen LogP contribution in [0.1, 0.15) is 54.4 Å². The van der Waals surface area contributed by atoms with Gasteiger partial charge in [0, 0.05) is 18.7 Å². The van der Waals surface area contributed by atoms with Crippen molar-refractivity contribution >= 4 is 11.9 Å². The average Bonchev–Trinajstić information content (AvgIpc) is 3.38. The summed E-state index contributed by atoms with van der Waals surface area (Å²) in [4.78, 5) is 26.4. The molecule has 0 radical (unpaired) electrons. The van der Waals surface area contributed by atoms with Crippen molar-refractivity contribution in [2.45, 2.75) is 63.3 Å². The van der Waals surface area contributed by atoms with Crippen molar-refractivity contribution in [2.75, 3.05) is 32.7 Å². The van der Waals surface area contributed by atoms with Crippen LogP contribution in [0.25, 0.3) is 0 Å². The Kier molecular flexibility index (Phi) is 7.82. The first-order chi connectivity index (χ1) is 15.1. The van der Waals surface area contributed by atoms with Gasteiger partial charge in [-0.15, -0.1) is 0 Å². The molecule has 0 unspecified atom stereocenters. The fourth-order valence-electron chi connectivity index (χ4n) is 4.81. The van der Waals surface area contributed by atoms with E-state index in [4.69, 9.17) is 14.6 Å². The summed E-state index contributed by atoms with van der Waals surface area (Å²) in [5.74, 6) is -2.59. The second kappa shape index (κ2) is 10.2. The molecule has 2 atom stereocenters. The lowest BCUT2D eigenvalue weighted by atomic mass is 9.90. The van der Waals surface area contributed by atoms with Gasteiger partial charge in [-0.1, -0.05) is 18.2 Å². The van der Waals surface area contributed by atoms with Crippen LogP contribution in [0.15, 0.2) is 24.3 Å². The van der Waals surface area contributed by atoms with Crippen molar-refractivity contribution < 1.29 is 32.6 Å². The number of aryl methyl sites for hydroxylation is 1. The number of ether oxygens (including phenoxy) is 1. The number of likely N-dealkylation sites (tertiary alicyclic amines) is 2. The van der Waals surface area contributed by atoms with Crippen LogP contribution < -0.4 is 0 Å². The largest absolute Gasteiger partial charge is 0.490 e. The maximum absolute atomic E-state index is 12.9. The van der Waals surface area contributed by atoms with E-state index >= 15 is 0 Å². The SMILES string of the molecule is Cc1ccccc1C(=O)N1CC[C@]2(CCC[C@@H](CN3CCCC3)O2)C1.O=C(O)C(F)(F)F. The number of carbonyl (C=O) groups is 2. The number of carboxylic acids is 1. The predicted octanol–water partition coefficient (Wildman–Crippen LogP) is 3.88. The molecule has 3 aliphatic heterocycles. The third-order valence-corrected chi connectivity index (χ3v) is 6.46. The number of hydrogen-bond acceptors (Lipinski definition) is 4. The van der Waals surface area contributed by atoms with Gasteiger partial charge >= 0.3 is 12.1 Å². The zero-order valence-corrected chi connectivity index (χ0v) is 18.4. The molecule has 178 valence electrons. The first kappa shape index (κ1) is 24.5. The predicted molar refractivity (Wildman–Crippen MR) is 113 cm³/mol. The van der Waals surface area contributed by atoms with Crippen molar-refractivity contribution in [1.29, 1.82) is 0 Å². The van der Waals surface area contributed by atoms with Crippen molar-refractivity contribution in [3.05, 3.63) is 35.4 Å². The van der Waals surface area contributed by atoms with Crippen LogP contribution in [-0.2, 0) is 9.53 Å². The molecule has 6 nitrogen and oxygen atoms in total. The van der Waals surface area contributed by atoms with Gasteiger partial charge in [0.25, 0.3) is 5.91 Å². The molecule has 0 aromatic heterocycles. The summed E-state index contributed by atoms with van der Waals surface area (Å²) < 4.78 is 38.3. The first-order valence-corrected chi connectivity index (χ1v) is 11.1. The Morgan fingerprint density at radius 3 is 2.41 bits per heavy atom. The molecule has 3 heterocycles. The number of carboxylic acid groups (broad SMARTS) is 1. The number of carbonyl (C=O) groups excluding carboxylic acids is 1. The molecule has 3 fully saturated rings. The fraction of sp³-hybridized carbons (Fsp3) is 0.652. The zero-order chi connectivity index (χ0) is 23.4. The zero-order valence-electron chi connectivity index (χ0n) is 18.4. The molecule has 9 heteroatoms. The molecule has 4 rings (SSSR count). The van der Waals surface area contributed by atoms with Gasteiger partial charge < -0.3 is 19.6 Å². The number of aliphatic carboxylic acids is 1. The van der Waals surface area contributed by atoms with Crippen LogP contribution in [0.2, 0.25) is 0 Å². The summed E-state index contributed by atoms with van der Waals surface area (Å²) in [6.45, 7) is 7.13. The molecule has 1 spiro atoms. The number of hydrogen-bond donors (Lipinski definition) is 1. The normalized spacial score (nSPS) is 26.1. The Morgan fingerprint density at radius 1 is 1.12 bits per heavy atom. The lowest BCUT2D eigenvalue weighted by molar-refractivity contribution is -0.192. The van der Waals surface area contributed by atoms with Crippen molar-refractivity contribution in [2.24, 2.45) is 0 Å². The summed E-state index contributed by atoms with van der Waals surface area (Å²) >= 11 is 0. The smallest absolute Gasteiger partial charge is 0.475 e. The number of alkyl halides is 3. The van der Waals surface area contributed by atoms with Crippen LogP contribution in [-0.4, -0.2) is 77.4 Å². The number of amides is 1. The Bertz CT molecular complexity index is 811. The Hall–Kier alpha value is -2.13. The Morgan fingerprint density at radius 2 is 1.78 bits per heavy atom. The minimum atomic E-state index is -5.08. The first-order valence-electron chi connectivity index (χ1n) is 11.1. The van der Waals surface area contributed by atoms with Crippen molar-refractivity contribution in [1.82, 2.24) is 9.80 Å². The standard InChI is InChI=1S/C21H30N2O2.C2HF3O2/c1-17-7-2-3-9-19(17)20(24)23-14-11-21(16-23)10-6-8-18(25-21)15-22-12-4-5-13-22;3-2(4,5)1(6)7/h2-3,7,9,18H,4-6,8,10-16H2,1H3;(H,6,7)/t18-,21+;/m0./s1. The molecule has 3 aliphatic rings. The monoisotopic (exact) mass is 456 g/mol. The van der Waals surface area contributed by atoms with Crippen LogP contribution in [0.3, 0.4) is 0 Å². The maximum Gasteiger partial charge on any atom is 0.490 e. The van der Waals surface area contributed by atoms with Crippen LogP contribution in [0.4, 0.5) is 13.2 Å². The van der Waals surface area contributed by atoms with Gasteiger partial charge in [0.05, 0.1) is 18.2 Å². The van der Waals surface area contributed by atoms with E-state index in [1.165, 1.54) is 38.8 Å². The van der Waals surface area contributed by atoms with Gasteiger partial charge in [-0.3, -0.25) is 4.79 Å². The van der Waals surface area contributed by atoms with Gasteiger partial charge in [0.1, 0.15) is 0 Å². The summed E-state index contributed by atoms with van der Waals surface area (Å²) in [6.07, 6.45) is 2.41. The van der Waals surface area contributed by atoms with E-state index in [0.29, 0.717) is 6.10 Å². The summed E-state index contributed by atoms with van der Waals surface area (Å²) in [6, 6.07) is 7.91. The third kappa shape index (κ3) is 6.22. The maximum atomic E-state index is 12.9. The van der Waals surface area contributed by atoms with E-state index < -0.39 is 12.1 Å². The molecule has 32 heavy (non-hydrogen) atoms. The molecular formula is C23H31F3N2O4. The highest BCUT2D eigenvalue weighted by Gasteiger charge is 2.45. The van der Waals surface area contributed by atoms with Crippen LogP contribution >= 0.6 is 0 Å². The number of halogens is 3. The van der Waals surface area contributed by atoms with Gasteiger partial charge in [-0.05, 0) is 70.2 Å². The van der Waals surface area contributed by atoms with Crippen LogP contribution in [0, 0.1) is 6.92 Å². The lowest BCUT2D eigenvalue weighted by Crippen LogP contribution is -2.47. The second-order valence-corrected chi connectivity index (χ2v) is 8.92. The van der Waals surface area contributed by atoms with Crippen molar-refractivity contribution in [3.8, 4) is 0 Å². The minimum absolute atomic E-state index is 0.0962. The molecule has 1 aromatic carbocycles. The fourth-order valence-corrected chi connectivity index (χ4v) is 4.81. The van der Waals surface area contributed by atoms with Gasteiger partial charge in [0.2, 0.25) is 0 Å². The molecule has 0 bridgehead atoms. The lowest BCUT2D eigenvalue weighted by Gasteiger charge is -2.40. The number of nitrogens with zero attached hydrogens (tertiary/aromatic N) is 2. The van der Waals surface area contributed by atoms with E-state index in [1.54, 1.807) is 0 Å². The Labute approximate surface area is 186 Å². The highest BCUT2D eigenvalue weighted by atomic mass is 19.4. The minimum Gasteiger partial charge on any atom is -0.475 e. The van der Waals surface area contributed by atoms with Crippen molar-refractivity contribution in [3.63, 3.8) is 0 Å². The highest BCUT2D eigenvalue weighted by Crippen LogP contribution is 2.37. The van der Waals surface area contributed by atoms with Crippen LogP contribution in [0.5, 0.6) is 0 Å². The second-order valence-electron chi connectivity index (χ2n) is 8.92. The number of benzene rings is 1. The molecule has 1 amide bonds. The quantitative estimate of drug-likeness (QED) is 0.748.